The Hall–Kier alpha value is -2.08. The summed E-state index contributed by atoms with van der Waals surface area (Å²) < 4.78 is 4.13. The highest BCUT2D eigenvalue weighted by Crippen LogP contribution is 2.15. The quantitative estimate of drug-likeness (QED) is 0.226. The molecule has 0 aromatic carbocycles. The van der Waals surface area contributed by atoms with Gasteiger partial charge in [0.05, 0.1) is 5.75 Å². The largest absolute Gasteiger partial charge is 0.370 e. The van der Waals surface area contributed by atoms with Gasteiger partial charge in [-0.15, -0.1) is 0 Å². The third kappa shape index (κ3) is 7.31. The molecule has 0 aliphatic rings. The molecule has 116 valence electrons. The Morgan fingerprint density at radius 1 is 1.52 bits per heavy atom. The lowest BCUT2D eigenvalue weighted by molar-refractivity contribution is 0.256. The van der Waals surface area contributed by atoms with Crippen molar-refractivity contribution >= 4 is 46.4 Å². The molecule has 0 spiro atoms. The number of nitrogens with two attached hydrogens (primary N) is 2. The predicted molar refractivity (Wildman–Crippen MR) is 85.7 cm³/mol. The average molecular weight is 331 g/mol. The zero-order chi connectivity index (χ0) is 15.7. The van der Waals surface area contributed by atoms with Gasteiger partial charge >= 0.3 is 6.03 Å². The Morgan fingerprint density at radius 2 is 2.29 bits per heavy atom. The van der Waals surface area contributed by atoms with Gasteiger partial charge < -0.3 is 27.4 Å². The molecule has 1 aromatic rings. The van der Waals surface area contributed by atoms with Crippen LogP contribution in [0.4, 0.5) is 9.93 Å². The van der Waals surface area contributed by atoms with Gasteiger partial charge in [0.2, 0.25) is 11.1 Å². The van der Waals surface area contributed by atoms with E-state index in [-0.39, 0.29) is 5.96 Å². The molecular formula is C9H17N9OS2. The van der Waals surface area contributed by atoms with Gasteiger partial charge in [-0.25, -0.2) is 9.78 Å². The van der Waals surface area contributed by atoms with Crippen LogP contribution < -0.4 is 27.4 Å². The van der Waals surface area contributed by atoms with E-state index in [1.807, 2.05) is 0 Å². The lowest BCUT2D eigenvalue weighted by atomic mass is 10.7. The van der Waals surface area contributed by atoms with Crippen molar-refractivity contribution in [1.82, 2.24) is 20.0 Å². The van der Waals surface area contributed by atoms with E-state index < -0.39 is 6.03 Å². The van der Waals surface area contributed by atoms with E-state index in [0.29, 0.717) is 29.2 Å². The van der Waals surface area contributed by atoms with E-state index in [1.54, 1.807) is 18.8 Å². The van der Waals surface area contributed by atoms with Crippen LogP contribution in [0.5, 0.6) is 0 Å². The Bertz CT molecular complexity index is 515. The van der Waals surface area contributed by atoms with Gasteiger partial charge in [0.1, 0.15) is 0 Å². The van der Waals surface area contributed by atoms with E-state index in [4.69, 9.17) is 16.9 Å². The van der Waals surface area contributed by atoms with Crippen molar-refractivity contribution < 1.29 is 4.79 Å². The van der Waals surface area contributed by atoms with Crippen LogP contribution in [0, 0.1) is 5.41 Å². The number of carbonyl (C=O) groups is 1. The normalized spacial score (nSPS) is 11.0. The predicted octanol–water partition coefficient (Wildman–Crippen LogP) is -0.680. The summed E-state index contributed by atoms with van der Waals surface area (Å²) in [5.74, 6) is 2.26. The topological polar surface area (TPSA) is 167 Å². The number of aromatic nitrogens is 2. The number of aliphatic imine (C=N–C) groups is 1. The zero-order valence-corrected chi connectivity index (χ0v) is 13.0. The number of anilines is 1. The van der Waals surface area contributed by atoms with Crippen LogP contribution in [0.1, 0.15) is 5.82 Å². The molecule has 0 radical (unpaired) electrons. The second kappa shape index (κ2) is 8.97. The maximum atomic E-state index is 10.6. The highest BCUT2D eigenvalue weighted by molar-refractivity contribution is 7.98. The summed E-state index contributed by atoms with van der Waals surface area (Å²) in [5.41, 5.74) is 10.2. The molecule has 0 fully saturated rings. The Labute approximate surface area is 129 Å². The molecule has 0 saturated carbocycles. The number of urea groups is 1. The van der Waals surface area contributed by atoms with Crippen molar-refractivity contribution in [3.8, 4) is 0 Å². The Kier molecular flexibility index (Phi) is 7.25. The number of nitrogens with zero attached hydrogens (tertiary/aromatic N) is 3. The third-order valence-corrected chi connectivity index (χ3v) is 3.56. The van der Waals surface area contributed by atoms with Gasteiger partial charge in [0.15, 0.2) is 11.8 Å². The molecule has 1 heterocycles. The van der Waals surface area contributed by atoms with E-state index in [1.165, 1.54) is 0 Å². The molecule has 2 amide bonds. The fraction of sp³-hybridized carbons (Fsp3) is 0.444. The van der Waals surface area contributed by atoms with Crippen LogP contribution in [-0.4, -0.2) is 46.7 Å². The van der Waals surface area contributed by atoms with Gasteiger partial charge in [0.25, 0.3) is 0 Å². The summed E-state index contributed by atoms with van der Waals surface area (Å²) in [5, 5.41) is 15.8. The molecular weight excluding hydrogens is 314 g/mol. The SMILES string of the molecule is CN/C(=N/C(N)=O)NCCSCc1nsc(NC(=N)N)n1. The fourth-order valence-corrected chi connectivity index (χ4v) is 2.56. The van der Waals surface area contributed by atoms with Gasteiger partial charge in [-0.1, -0.05) is 0 Å². The molecule has 0 aliphatic heterocycles. The molecule has 0 aliphatic carbocycles. The van der Waals surface area contributed by atoms with Crippen molar-refractivity contribution in [2.75, 3.05) is 24.7 Å². The molecule has 0 unspecified atom stereocenters. The second-order valence-electron chi connectivity index (χ2n) is 3.58. The standard InChI is InChI=1S/C9H17N9OS2/c1-13-8(17-7(12)19)14-2-3-20-4-5-15-9(21-18-5)16-6(10)11/h2-4H2,1H3,(H4,10,11,15,16,18)(H4,12,13,14,17,19). The number of nitrogens with one attached hydrogen (secondary N) is 4. The highest BCUT2D eigenvalue weighted by atomic mass is 32.2. The summed E-state index contributed by atoms with van der Waals surface area (Å²) >= 11 is 2.77. The molecule has 1 aromatic heterocycles. The molecule has 0 bridgehead atoms. The first-order chi connectivity index (χ1) is 10.0. The number of hydrogen-bond acceptors (Lipinski definition) is 6. The summed E-state index contributed by atoms with van der Waals surface area (Å²) in [4.78, 5) is 18.3. The van der Waals surface area contributed by atoms with Crippen LogP contribution in [0.15, 0.2) is 4.99 Å². The zero-order valence-electron chi connectivity index (χ0n) is 11.3. The minimum atomic E-state index is -0.753. The van der Waals surface area contributed by atoms with Crippen LogP contribution in [0.3, 0.4) is 0 Å². The number of rotatable bonds is 6. The van der Waals surface area contributed by atoms with Gasteiger partial charge in [0, 0.05) is 30.9 Å². The van der Waals surface area contributed by atoms with E-state index in [0.717, 1.165) is 17.3 Å². The van der Waals surface area contributed by atoms with E-state index in [2.05, 4.69) is 30.3 Å². The lowest BCUT2D eigenvalue weighted by Gasteiger charge is -2.07. The average Bonchev–Trinajstić information content (AvgIpc) is 2.83. The van der Waals surface area contributed by atoms with Crippen molar-refractivity contribution in [3.63, 3.8) is 0 Å². The molecule has 1 rings (SSSR count). The maximum Gasteiger partial charge on any atom is 0.341 e. The van der Waals surface area contributed by atoms with Gasteiger partial charge in [-0.2, -0.15) is 21.1 Å². The molecule has 10 nitrogen and oxygen atoms in total. The van der Waals surface area contributed by atoms with Crippen LogP contribution in [0.25, 0.3) is 0 Å². The molecule has 0 saturated heterocycles. The van der Waals surface area contributed by atoms with Crippen molar-refractivity contribution in [2.24, 2.45) is 16.5 Å². The number of guanidine groups is 2. The lowest BCUT2D eigenvalue weighted by Crippen LogP contribution is -2.37. The molecule has 8 N–H and O–H groups in total. The monoisotopic (exact) mass is 331 g/mol. The number of primary amides is 1. The Balaban J connectivity index is 2.23. The van der Waals surface area contributed by atoms with Crippen LogP contribution in [0.2, 0.25) is 0 Å². The fourth-order valence-electron chi connectivity index (χ4n) is 1.18. The third-order valence-electron chi connectivity index (χ3n) is 1.94. The number of hydrogen-bond donors (Lipinski definition) is 6. The minimum Gasteiger partial charge on any atom is -0.370 e. The van der Waals surface area contributed by atoms with Gasteiger partial charge in [-0.05, 0) is 0 Å². The second-order valence-corrected chi connectivity index (χ2v) is 5.44. The molecule has 0 atom stereocenters. The number of carbonyl (C=O) groups excluding carboxylic acids is 1. The minimum absolute atomic E-state index is 0.164. The van der Waals surface area contributed by atoms with Crippen molar-refractivity contribution in [2.45, 2.75) is 5.75 Å². The smallest absolute Gasteiger partial charge is 0.341 e. The summed E-state index contributed by atoms with van der Waals surface area (Å²) in [6, 6.07) is -0.753. The van der Waals surface area contributed by atoms with E-state index >= 15 is 0 Å². The van der Waals surface area contributed by atoms with Crippen molar-refractivity contribution in [3.05, 3.63) is 5.82 Å². The maximum absolute atomic E-state index is 10.6. The first-order valence-corrected chi connectivity index (χ1v) is 7.75. The number of amides is 2. The first-order valence-electron chi connectivity index (χ1n) is 5.82. The number of thioether (sulfide) groups is 1. The van der Waals surface area contributed by atoms with Crippen LogP contribution >= 0.6 is 23.3 Å². The van der Waals surface area contributed by atoms with Crippen molar-refractivity contribution in [1.29, 1.82) is 5.41 Å². The first kappa shape index (κ1) is 17.0. The molecule has 21 heavy (non-hydrogen) atoms. The van der Waals surface area contributed by atoms with Gasteiger partial charge in [-0.3, -0.25) is 5.41 Å². The summed E-state index contributed by atoms with van der Waals surface area (Å²) in [6.07, 6.45) is 0. The molecule has 12 heteroatoms. The summed E-state index contributed by atoms with van der Waals surface area (Å²) in [6.45, 7) is 0.611. The van der Waals surface area contributed by atoms with E-state index in [9.17, 15) is 4.79 Å². The highest BCUT2D eigenvalue weighted by Gasteiger charge is 2.04. The van der Waals surface area contributed by atoms with Crippen LogP contribution in [-0.2, 0) is 5.75 Å². The summed E-state index contributed by atoms with van der Waals surface area (Å²) in [7, 11) is 1.64. The Morgan fingerprint density at radius 3 is 2.90 bits per heavy atom.